The Bertz CT molecular complexity index is 508. The molecular formula is C15H23ClN4O. The number of carbonyl (C=O) groups excluding carboxylic acids is 1. The lowest BCUT2D eigenvalue weighted by molar-refractivity contribution is 0.0761. The fraction of sp³-hybridized carbons (Fsp3) is 0.600. The molecule has 1 aromatic heterocycles. The van der Waals surface area contributed by atoms with Gasteiger partial charge in [-0.15, -0.1) is 0 Å². The van der Waals surface area contributed by atoms with Gasteiger partial charge < -0.3 is 15.1 Å². The second-order valence-electron chi connectivity index (χ2n) is 5.54. The van der Waals surface area contributed by atoms with Gasteiger partial charge in [-0.05, 0) is 39.4 Å². The van der Waals surface area contributed by atoms with E-state index in [4.69, 9.17) is 11.6 Å². The van der Waals surface area contributed by atoms with Gasteiger partial charge in [-0.3, -0.25) is 4.79 Å². The molecule has 1 atom stereocenters. The van der Waals surface area contributed by atoms with Crippen LogP contribution in [-0.4, -0.2) is 60.5 Å². The molecule has 1 fully saturated rings. The molecule has 2 rings (SSSR count). The van der Waals surface area contributed by atoms with Gasteiger partial charge in [0.1, 0.15) is 5.82 Å². The standard InChI is InChI=1S/C15H23ClN4O/c1-4-17-14-8-12(13(16)9-18-14)15(21)20(3)10-11-6-5-7-19(11)2/h8-9,11H,4-7,10H2,1-3H3,(H,17,18). The van der Waals surface area contributed by atoms with Crippen LogP contribution in [0.15, 0.2) is 12.3 Å². The van der Waals surface area contributed by atoms with Crippen molar-refractivity contribution in [1.29, 1.82) is 0 Å². The Morgan fingerprint density at radius 1 is 1.62 bits per heavy atom. The third kappa shape index (κ3) is 3.86. The minimum Gasteiger partial charge on any atom is -0.370 e. The molecule has 116 valence electrons. The van der Waals surface area contributed by atoms with E-state index in [0.29, 0.717) is 22.4 Å². The maximum absolute atomic E-state index is 12.6. The molecule has 21 heavy (non-hydrogen) atoms. The predicted octanol–water partition coefficient (Wildman–Crippen LogP) is 2.33. The van der Waals surface area contributed by atoms with Crippen molar-refractivity contribution in [2.45, 2.75) is 25.8 Å². The Balaban J connectivity index is 2.09. The van der Waals surface area contributed by atoms with E-state index in [2.05, 4.69) is 22.2 Å². The molecule has 2 heterocycles. The van der Waals surface area contributed by atoms with Crippen LogP contribution in [0.3, 0.4) is 0 Å². The first kappa shape index (κ1) is 16.0. The zero-order valence-corrected chi connectivity index (χ0v) is 13.7. The Morgan fingerprint density at radius 2 is 2.38 bits per heavy atom. The first-order valence-electron chi connectivity index (χ1n) is 7.38. The summed E-state index contributed by atoms with van der Waals surface area (Å²) in [5, 5.41) is 3.50. The Kier molecular flexibility index (Phi) is 5.42. The van der Waals surface area contributed by atoms with Gasteiger partial charge in [0.15, 0.2) is 0 Å². The highest BCUT2D eigenvalue weighted by Gasteiger charge is 2.25. The number of rotatable bonds is 5. The summed E-state index contributed by atoms with van der Waals surface area (Å²) < 4.78 is 0. The van der Waals surface area contributed by atoms with Gasteiger partial charge in [-0.25, -0.2) is 4.98 Å². The fourth-order valence-corrected chi connectivity index (χ4v) is 2.88. The second kappa shape index (κ2) is 7.09. The Labute approximate surface area is 131 Å². The van der Waals surface area contributed by atoms with Gasteiger partial charge >= 0.3 is 0 Å². The first-order chi connectivity index (χ1) is 10.0. The number of anilines is 1. The predicted molar refractivity (Wildman–Crippen MR) is 86.0 cm³/mol. The molecule has 0 aliphatic carbocycles. The third-order valence-corrected chi connectivity index (χ3v) is 4.25. The van der Waals surface area contributed by atoms with Crippen LogP contribution in [0, 0.1) is 0 Å². The number of carbonyl (C=O) groups is 1. The lowest BCUT2D eigenvalue weighted by atomic mass is 10.2. The van der Waals surface area contributed by atoms with Crippen molar-refractivity contribution in [3.8, 4) is 0 Å². The molecule has 1 amide bonds. The Hall–Kier alpha value is -1.33. The summed E-state index contributed by atoms with van der Waals surface area (Å²) >= 11 is 6.13. The number of hydrogen-bond acceptors (Lipinski definition) is 4. The maximum Gasteiger partial charge on any atom is 0.255 e. The maximum atomic E-state index is 12.6. The van der Waals surface area contributed by atoms with E-state index in [1.165, 1.54) is 12.6 Å². The van der Waals surface area contributed by atoms with Crippen molar-refractivity contribution >= 4 is 23.3 Å². The normalized spacial score (nSPS) is 18.8. The average molecular weight is 311 g/mol. The third-order valence-electron chi connectivity index (χ3n) is 3.95. The number of aromatic nitrogens is 1. The van der Waals surface area contributed by atoms with E-state index in [-0.39, 0.29) is 5.91 Å². The second-order valence-corrected chi connectivity index (χ2v) is 5.95. The van der Waals surface area contributed by atoms with Crippen molar-refractivity contribution in [2.24, 2.45) is 0 Å². The van der Waals surface area contributed by atoms with E-state index < -0.39 is 0 Å². The van der Waals surface area contributed by atoms with Crippen LogP contribution < -0.4 is 5.32 Å². The van der Waals surface area contributed by atoms with Crippen LogP contribution in [0.4, 0.5) is 5.82 Å². The molecule has 0 radical (unpaired) electrons. The van der Waals surface area contributed by atoms with Gasteiger partial charge in [0.05, 0.1) is 10.6 Å². The van der Waals surface area contributed by atoms with Gasteiger partial charge in [0.25, 0.3) is 5.91 Å². The molecule has 1 aromatic rings. The number of hydrogen-bond donors (Lipinski definition) is 1. The Morgan fingerprint density at radius 3 is 3.00 bits per heavy atom. The number of nitrogens with zero attached hydrogens (tertiary/aromatic N) is 3. The van der Waals surface area contributed by atoms with Gasteiger partial charge in [0.2, 0.25) is 0 Å². The molecule has 1 aliphatic heterocycles. The molecule has 0 saturated carbocycles. The summed E-state index contributed by atoms with van der Waals surface area (Å²) in [7, 11) is 3.94. The SMILES string of the molecule is CCNc1cc(C(=O)N(C)CC2CCCN2C)c(Cl)cn1. The molecular weight excluding hydrogens is 288 g/mol. The fourth-order valence-electron chi connectivity index (χ4n) is 2.69. The molecule has 1 saturated heterocycles. The molecule has 0 spiro atoms. The lowest BCUT2D eigenvalue weighted by Gasteiger charge is -2.26. The van der Waals surface area contributed by atoms with Gasteiger partial charge in [-0.1, -0.05) is 11.6 Å². The number of halogens is 1. The van der Waals surface area contributed by atoms with Crippen molar-refractivity contribution in [1.82, 2.24) is 14.8 Å². The monoisotopic (exact) mass is 310 g/mol. The van der Waals surface area contributed by atoms with Crippen LogP contribution in [0.5, 0.6) is 0 Å². The highest BCUT2D eigenvalue weighted by atomic mass is 35.5. The topological polar surface area (TPSA) is 48.5 Å². The minimum atomic E-state index is -0.0538. The van der Waals surface area contributed by atoms with Crippen LogP contribution >= 0.6 is 11.6 Å². The first-order valence-corrected chi connectivity index (χ1v) is 7.75. The summed E-state index contributed by atoms with van der Waals surface area (Å²) in [5.41, 5.74) is 0.505. The van der Waals surface area contributed by atoms with Crippen LogP contribution in [0.2, 0.25) is 5.02 Å². The van der Waals surface area contributed by atoms with Gasteiger partial charge in [-0.2, -0.15) is 0 Å². The molecule has 0 aromatic carbocycles. The van der Waals surface area contributed by atoms with Crippen molar-refractivity contribution in [3.05, 3.63) is 22.8 Å². The molecule has 1 unspecified atom stereocenters. The summed E-state index contributed by atoms with van der Waals surface area (Å²) in [6, 6.07) is 2.16. The van der Waals surface area contributed by atoms with Crippen molar-refractivity contribution < 1.29 is 4.79 Å². The quantitative estimate of drug-likeness (QED) is 0.907. The smallest absolute Gasteiger partial charge is 0.255 e. The zero-order chi connectivity index (χ0) is 15.4. The number of nitrogens with one attached hydrogen (secondary N) is 1. The number of amides is 1. The van der Waals surface area contributed by atoms with Crippen LogP contribution in [-0.2, 0) is 0 Å². The number of pyridine rings is 1. The lowest BCUT2D eigenvalue weighted by Crippen LogP contribution is -2.39. The van der Waals surface area contributed by atoms with Crippen molar-refractivity contribution in [2.75, 3.05) is 39.0 Å². The number of likely N-dealkylation sites (N-methyl/N-ethyl adjacent to an activating group) is 2. The van der Waals surface area contributed by atoms with Gasteiger partial charge in [0, 0.05) is 32.4 Å². The van der Waals surface area contributed by atoms with Crippen LogP contribution in [0.1, 0.15) is 30.1 Å². The highest BCUT2D eigenvalue weighted by molar-refractivity contribution is 6.33. The van der Waals surface area contributed by atoms with E-state index in [9.17, 15) is 4.79 Å². The number of likely N-dealkylation sites (tertiary alicyclic amines) is 1. The van der Waals surface area contributed by atoms with Crippen LogP contribution in [0.25, 0.3) is 0 Å². The summed E-state index contributed by atoms with van der Waals surface area (Å²) in [5.74, 6) is 0.624. The summed E-state index contributed by atoms with van der Waals surface area (Å²) in [6.07, 6.45) is 3.87. The molecule has 6 heteroatoms. The van der Waals surface area contributed by atoms with E-state index in [1.807, 2.05) is 14.0 Å². The molecule has 1 aliphatic rings. The minimum absolute atomic E-state index is 0.0538. The van der Waals surface area contributed by atoms with Crippen molar-refractivity contribution in [3.63, 3.8) is 0 Å². The highest BCUT2D eigenvalue weighted by Crippen LogP contribution is 2.21. The molecule has 0 bridgehead atoms. The molecule has 5 nitrogen and oxygen atoms in total. The zero-order valence-electron chi connectivity index (χ0n) is 12.9. The largest absolute Gasteiger partial charge is 0.370 e. The van der Waals surface area contributed by atoms with E-state index >= 15 is 0 Å². The average Bonchev–Trinajstić information content (AvgIpc) is 2.86. The summed E-state index contributed by atoms with van der Waals surface area (Å²) in [4.78, 5) is 20.8. The van der Waals surface area contributed by atoms with E-state index in [1.54, 1.807) is 11.0 Å². The molecule has 1 N–H and O–H groups in total. The summed E-state index contributed by atoms with van der Waals surface area (Å²) in [6.45, 7) is 4.57. The van der Waals surface area contributed by atoms with E-state index in [0.717, 1.165) is 26.1 Å².